The highest BCUT2D eigenvalue weighted by molar-refractivity contribution is 6.38. The number of oxazole rings is 1. The van der Waals surface area contributed by atoms with Crippen LogP contribution in [0.15, 0.2) is 105 Å². The molecule has 0 atom stereocenters. The van der Waals surface area contributed by atoms with Gasteiger partial charge in [0.2, 0.25) is 5.89 Å². The lowest BCUT2D eigenvalue weighted by atomic mass is 10.0. The van der Waals surface area contributed by atoms with Gasteiger partial charge < -0.3 is 14.2 Å². The molecule has 0 fully saturated rings. The Balaban J connectivity index is 1.19. The molecule has 37 heavy (non-hydrogen) atoms. The number of amides is 1. The largest absolute Gasteiger partial charge is 0.435 e. The normalized spacial score (nSPS) is 11.2. The number of nitrogens with one attached hydrogen (secondary N) is 1. The van der Waals surface area contributed by atoms with Crippen LogP contribution < -0.4 is 10.9 Å². The van der Waals surface area contributed by atoms with Crippen LogP contribution in [0, 0.1) is 0 Å². The average molecular weight is 527 g/mol. The van der Waals surface area contributed by atoms with Crippen LogP contribution in [0.1, 0.15) is 10.4 Å². The molecule has 6 aromatic rings. The molecule has 180 valence electrons. The molecular formula is C29H16Cl2N2O4. The summed E-state index contributed by atoms with van der Waals surface area (Å²) in [5.74, 6) is 0.110. The molecule has 2 heterocycles. The van der Waals surface area contributed by atoms with E-state index in [0.717, 1.165) is 10.9 Å². The molecule has 0 aliphatic carbocycles. The molecule has 8 heteroatoms. The van der Waals surface area contributed by atoms with Gasteiger partial charge in [0.15, 0.2) is 5.58 Å². The molecule has 0 aliphatic heterocycles. The molecule has 6 rings (SSSR count). The highest BCUT2D eigenvalue weighted by Gasteiger charge is 2.14. The number of rotatable bonds is 4. The number of fused-ring (bicyclic) bond motifs is 2. The number of hydrogen-bond acceptors (Lipinski definition) is 5. The van der Waals surface area contributed by atoms with Crippen LogP contribution in [0.2, 0.25) is 10.0 Å². The zero-order valence-electron chi connectivity index (χ0n) is 19.0. The van der Waals surface area contributed by atoms with Crippen molar-refractivity contribution in [2.45, 2.75) is 0 Å². The Morgan fingerprint density at radius 2 is 1.54 bits per heavy atom. The summed E-state index contributed by atoms with van der Waals surface area (Å²) in [5, 5.41) is 4.55. The number of hydrogen-bond donors (Lipinski definition) is 1. The van der Waals surface area contributed by atoms with Crippen molar-refractivity contribution in [1.29, 1.82) is 0 Å². The molecule has 0 aliphatic rings. The zero-order chi connectivity index (χ0) is 25.5. The predicted octanol–water partition coefficient (Wildman–Crippen LogP) is 7.83. The monoisotopic (exact) mass is 526 g/mol. The van der Waals surface area contributed by atoms with Crippen LogP contribution in [-0.4, -0.2) is 10.9 Å². The number of para-hydroxylation sites is 1. The van der Waals surface area contributed by atoms with Gasteiger partial charge >= 0.3 is 5.63 Å². The van der Waals surface area contributed by atoms with Crippen LogP contribution in [0.4, 0.5) is 5.69 Å². The summed E-state index contributed by atoms with van der Waals surface area (Å²) in [6.07, 6.45) is 0. The van der Waals surface area contributed by atoms with Gasteiger partial charge in [0, 0.05) is 27.2 Å². The van der Waals surface area contributed by atoms with E-state index < -0.39 is 5.63 Å². The van der Waals surface area contributed by atoms with Crippen LogP contribution in [-0.2, 0) is 0 Å². The molecule has 0 saturated carbocycles. The first-order valence-corrected chi connectivity index (χ1v) is 12.0. The predicted molar refractivity (Wildman–Crippen MR) is 145 cm³/mol. The fraction of sp³-hybridized carbons (Fsp3) is 0. The molecule has 0 radical (unpaired) electrons. The van der Waals surface area contributed by atoms with Gasteiger partial charge in [-0.15, -0.1) is 0 Å². The SMILES string of the molecule is O=C(Nc1ccc(-c2nc3cc(Cl)cc(Cl)c3o2)cc1)c1ccc(-c2cc3ccccc3oc2=O)cc1. The van der Waals surface area contributed by atoms with Crippen LogP contribution in [0.3, 0.4) is 0 Å². The van der Waals surface area contributed by atoms with E-state index in [1.807, 2.05) is 18.2 Å². The highest BCUT2D eigenvalue weighted by atomic mass is 35.5. The Hall–Kier alpha value is -4.39. The quantitative estimate of drug-likeness (QED) is 0.236. The average Bonchev–Trinajstić information content (AvgIpc) is 3.33. The molecule has 0 saturated heterocycles. The molecule has 0 unspecified atom stereocenters. The van der Waals surface area contributed by atoms with Crippen molar-refractivity contribution in [3.8, 4) is 22.6 Å². The fourth-order valence-corrected chi connectivity index (χ4v) is 4.57. The van der Waals surface area contributed by atoms with Gasteiger partial charge in [-0.3, -0.25) is 4.79 Å². The Labute approximate surface area is 220 Å². The molecule has 0 bridgehead atoms. The van der Waals surface area contributed by atoms with E-state index in [4.69, 9.17) is 32.0 Å². The van der Waals surface area contributed by atoms with E-state index >= 15 is 0 Å². The van der Waals surface area contributed by atoms with E-state index in [1.165, 1.54) is 0 Å². The van der Waals surface area contributed by atoms with Crippen molar-refractivity contribution in [3.63, 3.8) is 0 Å². The second-order valence-electron chi connectivity index (χ2n) is 8.35. The topological polar surface area (TPSA) is 85.3 Å². The number of benzene rings is 4. The first-order chi connectivity index (χ1) is 17.9. The first kappa shape index (κ1) is 23.0. The van der Waals surface area contributed by atoms with Crippen LogP contribution in [0.5, 0.6) is 0 Å². The van der Waals surface area contributed by atoms with E-state index in [1.54, 1.807) is 72.8 Å². The second-order valence-corrected chi connectivity index (χ2v) is 9.19. The molecule has 6 nitrogen and oxygen atoms in total. The minimum absolute atomic E-state index is 0.284. The molecule has 1 N–H and O–H groups in total. The van der Waals surface area contributed by atoms with E-state index in [2.05, 4.69) is 10.3 Å². The van der Waals surface area contributed by atoms with Crippen LogP contribution >= 0.6 is 23.2 Å². The number of carbonyl (C=O) groups excluding carboxylic acids is 1. The van der Waals surface area contributed by atoms with Crippen molar-refractivity contribution < 1.29 is 13.6 Å². The Kier molecular flexibility index (Phi) is 5.75. The summed E-state index contributed by atoms with van der Waals surface area (Å²) in [4.78, 5) is 29.7. The van der Waals surface area contributed by atoms with Crippen LogP contribution in [0.25, 0.3) is 44.7 Å². The maximum atomic E-state index is 12.8. The third-order valence-electron chi connectivity index (χ3n) is 5.90. The van der Waals surface area contributed by atoms with Gasteiger partial charge in [-0.05, 0) is 66.2 Å². The third kappa shape index (κ3) is 4.48. The third-order valence-corrected chi connectivity index (χ3v) is 6.40. The number of halogens is 2. The molecule has 4 aromatic carbocycles. The van der Waals surface area contributed by atoms with Crippen molar-refractivity contribution in [3.05, 3.63) is 117 Å². The lowest BCUT2D eigenvalue weighted by Crippen LogP contribution is -2.11. The van der Waals surface area contributed by atoms with Gasteiger partial charge in [-0.1, -0.05) is 53.5 Å². The molecule has 1 amide bonds. The Morgan fingerprint density at radius 1 is 0.811 bits per heavy atom. The Bertz CT molecular complexity index is 1860. The summed E-state index contributed by atoms with van der Waals surface area (Å²) in [6, 6.07) is 26.3. The van der Waals surface area contributed by atoms with E-state index in [9.17, 15) is 9.59 Å². The summed E-state index contributed by atoms with van der Waals surface area (Å²) in [5.41, 5.74) is 4.00. The first-order valence-electron chi connectivity index (χ1n) is 11.3. The van der Waals surface area contributed by atoms with E-state index in [-0.39, 0.29) is 5.91 Å². The van der Waals surface area contributed by atoms with Gasteiger partial charge in [-0.2, -0.15) is 0 Å². The van der Waals surface area contributed by atoms with Crippen molar-refractivity contribution in [2.24, 2.45) is 0 Å². The van der Waals surface area contributed by atoms with Gasteiger partial charge in [0.1, 0.15) is 11.1 Å². The molecular weight excluding hydrogens is 511 g/mol. The molecule has 2 aromatic heterocycles. The number of carbonyl (C=O) groups is 1. The summed E-state index contributed by atoms with van der Waals surface area (Å²) < 4.78 is 11.2. The van der Waals surface area contributed by atoms with Crippen molar-refractivity contribution in [2.75, 3.05) is 5.32 Å². The number of aromatic nitrogens is 1. The smallest absolute Gasteiger partial charge is 0.344 e. The zero-order valence-corrected chi connectivity index (χ0v) is 20.5. The maximum Gasteiger partial charge on any atom is 0.344 e. The lowest BCUT2D eigenvalue weighted by molar-refractivity contribution is 0.102. The minimum Gasteiger partial charge on any atom is -0.435 e. The lowest BCUT2D eigenvalue weighted by Gasteiger charge is -2.07. The fourth-order valence-electron chi connectivity index (χ4n) is 4.05. The summed E-state index contributed by atoms with van der Waals surface area (Å²) in [6.45, 7) is 0. The highest BCUT2D eigenvalue weighted by Crippen LogP contribution is 2.32. The maximum absolute atomic E-state index is 12.8. The minimum atomic E-state index is -0.430. The summed E-state index contributed by atoms with van der Waals surface area (Å²) >= 11 is 12.2. The van der Waals surface area contributed by atoms with E-state index in [0.29, 0.717) is 55.0 Å². The van der Waals surface area contributed by atoms with Gasteiger partial charge in [0.25, 0.3) is 5.91 Å². The van der Waals surface area contributed by atoms with Gasteiger partial charge in [0.05, 0.1) is 10.6 Å². The number of nitrogens with zero attached hydrogens (tertiary/aromatic N) is 1. The van der Waals surface area contributed by atoms with Gasteiger partial charge in [-0.25, -0.2) is 9.78 Å². The number of anilines is 1. The second kappa shape index (κ2) is 9.24. The summed E-state index contributed by atoms with van der Waals surface area (Å²) in [7, 11) is 0. The standard InChI is InChI=1S/C29H16Cl2N2O4/c30-20-14-23(31)26-24(15-20)33-28(37-26)18-9-11-21(12-10-18)32-27(34)17-7-5-16(6-8-17)22-13-19-3-1-2-4-25(19)36-29(22)35/h1-15H,(H,32,34). The van der Waals surface area contributed by atoms with Crippen molar-refractivity contribution >= 4 is 56.9 Å². The molecule has 0 spiro atoms. The Morgan fingerprint density at radius 3 is 2.32 bits per heavy atom. The van der Waals surface area contributed by atoms with Crippen molar-refractivity contribution in [1.82, 2.24) is 4.98 Å².